The lowest BCUT2D eigenvalue weighted by molar-refractivity contribution is 0.0860. The van der Waals surface area contributed by atoms with Crippen LogP contribution in [0.3, 0.4) is 0 Å². The summed E-state index contributed by atoms with van der Waals surface area (Å²) in [6, 6.07) is -0.0504. The van der Waals surface area contributed by atoms with Crippen LogP contribution >= 0.6 is 0 Å². The third kappa shape index (κ3) is 4.23. The number of ether oxygens (including phenoxy) is 1. The molecule has 1 aliphatic heterocycles. The Labute approximate surface area is 119 Å². The number of hydrogen-bond acceptors (Lipinski definition) is 3. The average molecular weight is 280 g/mol. The van der Waals surface area contributed by atoms with Crippen LogP contribution in [-0.2, 0) is 11.2 Å². The summed E-state index contributed by atoms with van der Waals surface area (Å²) in [6.07, 6.45) is 5.94. The lowest BCUT2D eigenvalue weighted by Crippen LogP contribution is -2.46. The van der Waals surface area contributed by atoms with Crippen molar-refractivity contribution < 1.29 is 9.53 Å². The van der Waals surface area contributed by atoms with Gasteiger partial charge in [0, 0.05) is 18.8 Å². The zero-order valence-corrected chi connectivity index (χ0v) is 12.2. The van der Waals surface area contributed by atoms with Gasteiger partial charge in [-0.05, 0) is 45.1 Å². The molecule has 2 rings (SSSR count). The summed E-state index contributed by atoms with van der Waals surface area (Å²) in [6.45, 7) is 5.47. The van der Waals surface area contributed by atoms with E-state index in [2.05, 4.69) is 20.8 Å². The number of aromatic amines is 1. The van der Waals surface area contributed by atoms with E-state index in [1.165, 1.54) is 5.56 Å². The number of amides is 2. The molecule has 112 valence electrons. The van der Waals surface area contributed by atoms with Gasteiger partial charge in [-0.15, -0.1) is 0 Å². The first-order valence-electron chi connectivity index (χ1n) is 7.31. The van der Waals surface area contributed by atoms with Crippen LogP contribution in [0.15, 0.2) is 6.20 Å². The predicted octanol–water partition coefficient (Wildman–Crippen LogP) is 1.52. The van der Waals surface area contributed by atoms with Gasteiger partial charge in [0.1, 0.15) is 0 Å². The van der Waals surface area contributed by atoms with Crippen molar-refractivity contribution in [2.45, 2.75) is 51.7 Å². The Bertz CT molecular complexity index is 427. The fourth-order valence-electron chi connectivity index (χ4n) is 2.46. The van der Waals surface area contributed by atoms with E-state index in [-0.39, 0.29) is 18.2 Å². The fourth-order valence-corrected chi connectivity index (χ4v) is 2.46. The minimum atomic E-state index is -0.114. The van der Waals surface area contributed by atoms with Crippen molar-refractivity contribution in [3.63, 3.8) is 0 Å². The zero-order chi connectivity index (χ0) is 14.4. The zero-order valence-electron chi connectivity index (χ0n) is 12.2. The number of H-pyrrole nitrogens is 1. The molecule has 3 N–H and O–H groups in total. The number of nitrogens with one attached hydrogen (secondary N) is 3. The first-order valence-corrected chi connectivity index (χ1v) is 7.31. The van der Waals surface area contributed by atoms with Gasteiger partial charge in [0.2, 0.25) is 0 Å². The minimum absolute atomic E-state index is 0.0635. The average Bonchev–Trinajstić information content (AvgIpc) is 3.06. The standard InChI is InChI=1S/C14H24N4O2/c1-10-12(9-16-18-10)5-3-7-15-14(19)17-11(2)13-6-4-8-20-13/h9,11,13H,3-8H2,1-2H3,(H,16,18)(H2,15,17,19)/t11-,13+/m1/s1. The topological polar surface area (TPSA) is 79.0 Å². The van der Waals surface area contributed by atoms with Gasteiger partial charge < -0.3 is 15.4 Å². The van der Waals surface area contributed by atoms with Crippen LogP contribution in [0.4, 0.5) is 4.79 Å². The van der Waals surface area contributed by atoms with Crippen molar-refractivity contribution in [1.82, 2.24) is 20.8 Å². The number of nitrogens with zero attached hydrogens (tertiary/aromatic N) is 1. The molecular formula is C14H24N4O2. The first kappa shape index (κ1) is 14.8. The quantitative estimate of drug-likeness (QED) is 0.691. The van der Waals surface area contributed by atoms with Gasteiger partial charge in [0.15, 0.2) is 0 Å². The number of rotatable bonds is 6. The van der Waals surface area contributed by atoms with E-state index in [0.717, 1.165) is 38.0 Å². The second-order valence-corrected chi connectivity index (χ2v) is 5.36. The molecule has 0 bridgehead atoms. The van der Waals surface area contributed by atoms with E-state index in [4.69, 9.17) is 4.74 Å². The van der Waals surface area contributed by atoms with Crippen molar-refractivity contribution in [3.05, 3.63) is 17.5 Å². The Hall–Kier alpha value is -1.56. The maximum absolute atomic E-state index is 11.7. The van der Waals surface area contributed by atoms with Gasteiger partial charge in [-0.25, -0.2) is 4.79 Å². The number of aromatic nitrogens is 2. The first-order chi connectivity index (χ1) is 9.66. The van der Waals surface area contributed by atoms with E-state index in [1.54, 1.807) is 0 Å². The molecule has 0 radical (unpaired) electrons. The molecule has 0 aliphatic carbocycles. The second kappa shape index (κ2) is 7.28. The van der Waals surface area contributed by atoms with Crippen molar-refractivity contribution in [1.29, 1.82) is 0 Å². The van der Waals surface area contributed by atoms with Gasteiger partial charge in [0.25, 0.3) is 0 Å². The van der Waals surface area contributed by atoms with E-state index in [0.29, 0.717) is 6.54 Å². The van der Waals surface area contributed by atoms with Crippen molar-refractivity contribution in [2.75, 3.05) is 13.2 Å². The van der Waals surface area contributed by atoms with E-state index in [9.17, 15) is 4.79 Å². The van der Waals surface area contributed by atoms with Gasteiger partial charge in [-0.2, -0.15) is 5.10 Å². The lowest BCUT2D eigenvalue weighted by Gasteiger charge is -2.20. The molecule has 2 amide bonds. The van der Waals surface area contributed by atoms with Crippen LogP contribution in [0, 0.1) is 6.92 Å². The molecule has 1 aromatic heterocycles. The molecule has 2 heterocycles. The molecule has 1 aliphatic rings. The van der Waals surface area contributed by atoms with Crippen molar-refractivity contribution >= 4 is 6.03 Å². The Kier molecular flexibility index (Phi) is 5.40. The Morgan fingerprint density at radius 3 is 3.15 bits per heavy atom. The minimum Gasteiger partial charge on any atom is -0.376 e. The van der Waals surface area contributed by atoms with Crippen LogP contribution in [0.1, 0.15) is 37.4 Å². The largest absolute Gasteiger partial charge is 0.376 e. The van der Waals surface area contributed by atoms with Crippen LogP contribution < -0.4 is 10.6 Å². The molecule has 6 heteroatoms. The Morgan fingerprint density at radius 1 is 1.65 bits per heavy atom. The smallest absolute Gasteiger partial charge is 0.315 e. The summed E-state index contributed by atoms with van der Waals surface area (Å²) in [7, 11) is 0. The summed E-state index contributed by atoms with van der Waals surface area (Å²) in [5.41, 5.74) is 2.31. The molecule has 1 fully saturated rings. The molecular weight excluding hydrogens is 256 g/mol. The molecule has 6 nitrogen and oxygen atoms in total. The number of urea groups is 1. The van der Waals surface area contributed by atoms with Gasteiger partial charge in [0.05, 0.1) is 18.3 Å². The number of carbonyl (C=O) groups is 1. The normalized spacial score (nSPS) is 19.8. The summed E-state index contributed by atoms with van der Waals surface area (Å²) in [5, 5.41) is 12.7. The second-order valence-electron chi connectivity index (χ2n) is 5.36. The molecule has 20 heavy (non-hydrogen) atoms. The third-order valence-electron chi connectivity index (χ3n) is 3.72. The van der Waals surface area contributed by atoms with Crippen molar-refractivity contribution in [2.24, 2.45) is 0 Å². The highest BCUT2D eigenvalue weighted by Crippen LogP contribution is 2.15. The lowest BCUT2D eigenvalue weighted by atomic mass is 10.1. The summed E-state index contributed by atoms with van der Waals surface area (Å²) in [4.78, 5) is 11.7. The maximum atomic E-state index is 11.7. The van der Waals surface area contributed by atoms with Crippen LogP contribution in [0.5, 0.6) is 0 Å². The molecule has 0 spiro atoms. The van der Waals surface area contributed by atoms with E-state index >= 15 is 0 Å². The molecule has 1 aromatic rings. The van der Waals surface area contributed by atoms with Gasteiger partial charge >= 0.3 is 6.03 Å². The predicted molar refractivity (Wildman–Crippen MR) is 76.6 cm³/mol. The number of carbonyl (C=O) groups excluding carboxylic acids is 1. The fraction of sp³-hybridized carbons (Fsp3) is 0.714. The summed E-state index contributed by atoms with van der Waals surface area (Å²) >= 11 is 0. The van der Waals surface area contributed by atoms with Crippen LogP contribution in [-0.4, -0.2) is 41.5 Å². The monoisotopic (exact) mass is 280 g/mol. The van der Waals surface area contributed by atoms with Gasteiger partial charge in [-0.3, -0.25) is 5.10 Å². The van der Waals surface area contributed by atoms with Gasteiger partial charge in [-0.1, -0.05) is 0 Å². The number of aryl methyl sites for hydroxylation is 2. The molecule has 0 saturated carbocycles. The maximum Gasteiger partial charge on any atom is 0.315 e. The summed E-state index contributed by atoms with van der Waals surface area (Å²) < 4.78 is 5.55. The van der Waals surface area contributed by atoms with Crippen LogP contribution in [0.25, 0.3) is 0 Å². The van der Waals surface area contributed by atoms with E-state index < -0.39 is 0 Å². The Balaban J connectivity index is 1.59. The molecule has 0 aromatic carbocycles. The van der Waals surface area contributed by atoms with Crippen molar-refractivity contribution in [3.8, 4) is 0 Å². The Morgan fingerprint density at radius 2 is 2.50 bits per heavy atom. The molecule has 0 unspecified atom stereocenters. The van der Waals surface area contributed by atoms with E-state index in [1.807, 2.05) is 20.0 Å². The molecule has 2 atom stereocenters. The number of hydrogen-bond donors (Lipinski definition) is 3. The third-order valence-corrected chi connectivity index (χ3v) is 3.72. The highest BCUT2D eigenvalue weighted by molar-refractivity contribution is 5.74. The molecule has 1 saturated heterocycles. The highest BCUT2D eigenvalue weighted by atomic mass is 16.5. The SMILES string of the molecule is Cc1[nH]ncc1CCCNC(=O)N[C@H](C)[C@@H]1CCCO1. The highest BCUT2D eigenvalue weighted by Gasteiger charge is 2.23. The van der Waals surface area contributed by atoms with Crippen LogP contribution in [0.2, 0.25) is 0 Å². The summed E-state index contributed by atoms with van der Waals surface area (Å²) in [5.74, 6) is 0.